The molecule has 1 aromatic carbocycles. The summed E-state index contributed by atoms with van der Waals surface area (Å²) in [5.41, 5.74) is 0.819. The van der Waals surface area contributed by atoms with E-state index in [9.17, 15) is 13.2 Å². The molecule has 1 heterocycles. The summed E-state index contributed by atoms with van der Waals surface area (Å²) in [5.74, 6) is 0.286. The van der Waals surface area contributed by atoms with Gasteiger partial charge in [-0.25, -0.2) is 17.9 Å². The molecule has 21 heavy (non-hydrogen) atoms. The number of nitrogens with one attached hydrogen (secondary N) is 1. The highest BCUT2D eigenvalue weighted by atomic mass is 32.2. The Morgan fingerprint density at radius 1 is 1.43 bits per heavy atom. The molecular weight excluding hydrogens is 296 g/mol. The minimum atomic E-state index is -3.69. The lowest BCUT2D eigenvalue weighted by Gasteiger charge is -2.14. The van der Waals surface area contributed by atoms with Crippen molar-refractivity contribution in [1.82, 2.24) is 9.62 Å². The summed E-state index contributed by atoms with van der Waals surface area (Å²) in [6.45, 7) is 3.02. The number of carbonyl (C=O) groups excluding carboxylic acids is 1. The zero-order valence-electron chi connectivity index (χ0n) is 12.0. The third-order valence-corrected chi connectivity index (χ3v) is 4.61. The lowest BCUT2D eigenvalue weighted by molar-refractivity contribution is 0.159. The number of amides is 1. The quantitative estimate of drug-likeness (QED) is 0.837. The van der Waals surface area contributed by atoms with Crippen LogP contribution in [-0.4, -0.2) is 52.8 Å². The van der Waals surface area contributed by atoms with Gasteiger partial charge in [-0.3, -0.25) is 0 Å². The summed E-state index contributed by atoms with van der Waals surface area (Å²) in [6, 6.07) is 4.94. The first-order chi connectivity index (χ1) is 9.94. The number of hydrogen-bond acceptors (Lipinski definition) is 5. The largest absolute Gasteiger partial charge is 0.495 e. The van der Waals surface area contributed by atoms with Crippen molar-refractivity contribution < 1.29 is 22.7 Å². The van der Waals surface area contributed by atoms with Gasteiger partial charge in [-0.2, -0.15) is 0 Å². The van der Waals surface area contributed by atoms with Crippen LogP contribution >= 0.6 is 0 Å². The Balaban J connectivity index is 2.04. The van der Waals surface area contributed by atoms with Gasteiger partial charge in [-0.05, 0) is 24.6 Å². The van der Waals surface area contributed by atoms with E-state index in [-0.39, 0.29) is 23.7 Å². The molecule has 1 aromatic rings. The fourth-order valence-corrected chi connectivity index (χ4v) is 3.29. The molecular formula is C13H18N2O5S. The molecule has 7 nitrogen and oxygen atoms in total. The average molecular weight is 314 g/mol. The third-order valence-electron chi connectivity index (χ3n) is 3.13. The monoisotopic (exact) mass is 314 g/mol. The van der Waals surface area contributed by atoms with E-state index < -0.39 is 16.1 Å². The molecule has 0 bridgehead atoms. The van der Waals surface area contributed by atoms with Gasteiger partial charge in [0.1, 0.15) is 17.3 Å². The lowest BCUT2D eigenvalue weighted by Crippen LogP contribution is -2.35. The van der Waals surface area contributed by atoms with E-state index in [1.807, 2.05) is 0 Å². The zero-order chi connectivity index (χ0) is 15.5. The Kier molecular flexibility index (Phi) is 4.69. The summed E-state index contributed by atoms with van der Waals surface area (Å²) >= 11 is 0. The van der Waals surface area contributed by atoms with Crippen molar-refractivity contribution >= 4 is 16.1 Å². The number of hydrogen-bond donors (Lipinski definition) is 1. The maximum atomic E-state index is 12.3. The van der Waals surface area contributed by atoms with E-state index in [2.05, 4.69) is 4.72 Å². The van der Waals surface area contributed by atoms with Crippen LogP contribution < -0.4 is 9.46 Å². The van der Waals surface area contributed by atoms with Gasteiger partial charge in [0, 0.05) is 13.1 Å². The molecule has 0 saturated carbocycles. The summed E-state index contributed by atoms with van der Waals surface area (Å²) < 4.78 is 36.9. The highest BCUT2D eigenvalue weighted by molar-refractivity contribution is 7.89. The van der Waals surface area contributed by atoms with Gasteiger partial charge in [0.25, 0.3) is 0 Å². The summed E-state index contributed by atoms with van der Waals surface area (Å²) in [6.07, 6.45) is -0.415. The maximum absolute atomic E-state index is 12.3. The van der Waals surface area contributed by atoms with Crippen LogP contribution in [0.25, 0.3) is 0 Å². The van der Waals surface area contributed by atoms with Crippen molar-refractivity contribution in [2.24, 2.45) is 0 Å². The maximum Gasteiger partial charge on any atom is 0.409 e. The van der Waals surface area contributed by atoms with Crippen LogP contribution in [0.15, 0.2) is 23.1 Å². The summed E-state index contributed by atoms with van der Waals surface area (Å²) in [7, 11) is -2.27. The van der Waals surface area contributed by atoms with Crippen LogP contribution in [0.2, 0.25) is 0 Å². The number of nitrogens with zero attached hydrogens (tertiary/aromatic N) is 1. The Morgan fingerprint density at radius 3 is 2.81 bits per heavy atom. The van der Waals surface area contributed by atoms with Gasteiger partial charge < -0.3 is 14.4 Å². The topological polar surface area (TPSA) is 84.9 Å². The van der Waals surface area contributed by atoms with E-state index in [1.54, 1.807) is 25.1 Å². The van der Waals surface area contributed by atoms with Crippen molar-refractivity contribution in [2.45, 2.75) is 11.8 Å². The van der Waals surface area contributed by atoms with Crippen LogP contribution in [0.4, 0.5) is 4.79 Å². The van der Waals surface area contributed by atoms with Crippen LogP contribution in [0.3, 0.4) is 0 Å². The normalized spacial score (nSPS) is 15.1. The number of cyclic esters (lactones) is 1. The zero-order valence-corrected chi connectivity index (χ0v) is 12.8. The first-order valence-corrected chi connectivity index (χ1v) is 7.98. The predicted octanol–water partition coefficient (Wildman–Crippen LogP) is 0.734. The summed E-state index contributed by atoms with van der Waals surface area (Å²) in [4.78, 5) is 12.8. The van der Waals surface area contributed by atoms with E-state index in [4.69, 9.17) is 9.47 Å². The number of aryl methyl sites for hydroxylation is 1. The number of benzene rings is 1. The standard InChI is InChI=1S/C13H18N2O5S/c1-10-3-4-11(19-2)12(9-10)21(17,18)14-5-6-15-7-8-20-13(15)16/h3-4,9,14H,5-8H2,1-2H3. The smallest absolute Gasteiger partial charge is 0.409 e. The molecule has 2 rings (SSSR count). The molecule has 0 radical (unpaired) electrons. The second kappa shape index (κ2) is 6.31. The minimum Gasteiger partial charge on any atom is -0.495 e. The van der Waals surface area contributed by atoms with Crippen molar-refractivity contribution in [1.29, 1.82) is 0 Å². The van der Waals surface area contributed by atoms with Crippen LogP contribution in [-0.2, 0) is 14.8 Å². The van der Waals surface area contributed by atoms with E-state index in [0.717, 1.165) is 5.56 Å². The highest BCUT2D eigenvalue weighted by Gasteiger charge is 2.23. The van der Waals surface area contributed by atoms with Gasteiger partial charge in [-0.1, -0.05) is 6.07 Å². The minimum absolute atomic E-state index is 0.0917. The molecule has 0 atom stereocenters. The molecule has 1 aliphatic heterocycles. The van der Waals surface area contributed by atoms with Gasteiger partial charge in [0.15, 0.2) is 0 Å². The Hall–Kier alpha value is -1.80. The van der Waals surface area contributed by atoms with Crippen molar-refractivity contribution in [3.8, 4) is 5.75 Å². The molecule has 0 aromatic heterocycles. The SMILES string of the molecule is COc1ccc(C)cc1S(=O)(=O)NCCN1CCOC1=O. The molecule has 1 fully saturated rings. The van der Waals surface area contributed by atoms with Crippen LogP contribution in [0, 0.1) is 6.92 Å². The van der Waals surface area contributed by atoms with Crippen molar-refractivity contribution in [3.63, 3.8) is 0 Å². The second-order valence-corrected chi connectivity index (χ2v) is 6.39. The molecule has 1 N–H and O–H groups in total. The highest BCUT2D eigenvalue weighted by Crippen LogP contribution is 2.24. The molecule has 0 spiro atoms. The lowest BCUT2D eigenvalue weighted by atomic mass is 10.2. The fourth-order valence-electron chi connectivity index (χ4n) is 2.02. The molecule has 8 heteroatoms. The number of carbonyl (C=O) groups is 1. The van der Waals surface area contributed by atoms with E-state index >= 15 is 0 Å². The van der Waals surface area contributed by atoms with E-state index in [1.165, 1.54) is 12.0 Å². The van der Waals surface area contributed by atoms with Crippen molar-refractivity contribution in [3.05, 3.63) is 23.8 Å². The summed E-state index contributed by atoms with van der Waals surface area (Å²) in [5, 5.41) is 0. The number of methoxy groups -OCH3 is 1. The van der Waals surface area contributed by atoms with Crippen molar-refractivity contribution in [2.75, 3.05) is 33.4 Å². The third kappa shape index (κ3) is 3.64. The first kappa shape index (κ1) is 15.6. The van der Waals surface area contributed by atoms with E-state index in [0.29, 0.717) is 13.2 Å². The molecule has 0 unspecified atom stereocenters. The van der Waals surface area contributed by atoms with Gasteiger partial charge in [-0.15, -0.1) is 0 Å². The fraction of sp³-hybridized carbons (Fsp3) is 0.462. The van der Waals surface area contributed by atoms with Crippen LogP contribution in [0.5, 0.6) is 5.75 Å². The van der Waals surface area contributed by atoms with Gasteiger partial charge in [0.2, 0.25) is 10.0 Å². The average Bonchev–Trinajstić information content (AvgIpc) is 2.84. The second-order valence-electron chi connectivity index (χ2n) is 4.65. The van der Waals surface area contributed by atoms with Gasteiger partial charge >= 0.3 is 6.09 Å². The Bertz CT molecular complexity index is 629. The molecule has 116 valence electrons. The number of ether oxygens (including phenoxy) is 2. The number of rotatable bonds is 6. The molecule has 0 aliphatic carbocycles. The first-order valence-electron chi connectivity index (χ1n) is 6.50. The Labute approximate surface area is 123 Å². The molecule has 1 aliphatic rings. The Morgan fingerprint density at radius 2 is 2.19 bits per heavy atom. The molecule has 1 amide bonds. The predicted molar refractivity (Wildman–Crippen MR) is 75.8 cm³/mol. The van der Waals surface area contributed by atoms with Crippen LogP contribution in [0.1, 0.15) is 5.56 Å². The molecule has 1 saturated heterocycles. The van der Waals surface area contributed by atoms with Gasteiger partial charge in [0.05, 0.1) is 13.7 Å². The number of sulfonamides is 1.